The predicted octanol–water partition coefficient (Wildman–Crippen LogP) is 6.65. The molecule has 4 aliphatic carbocycles. The third kappa shape index (κ3) is 4.51. The van der Waals surface area contributed by atoms with Crippen LogP contribution in [0.25, 0.3) is 0 Å². The number of rotatable bonds is 6. The van der Waals surface area contributed by atoms with Gasteiger partial charge in [-0.3, -0.25) is 4.58 Å². The van der Waals surface area contributed by atoms with Gasteiger partial charge >= 0.3 is 0 Å². The molecule has 4 fully saturated rings. The number of hydrogen-bond donors (Lipinski definition) is 0. The Balaban J connectivity index is 1.37. The zero-order valence-electron chi connectivity index (χ0n) is 18.0. The molecule has 0 amide bonds. The van der Waals surface area contributed by atoms with Crippen LogP contribution in [-0.4, -0.2) is 13.9 Å². The molecule has 3 heteroatoms. The minimum Gasteiger partial charge on any atom is -0.286 e. The van der Waals surface area contributed by atoms with Gasteiger partial charge in [0.1, 0.15) is 0 Å². The van der Waals surface area contributed by atoms with Crippen LogP contribution < -0.4 is 0 Å². The molecule has 2 nitrogen and oxygen atoms in total. The molecule has 0 unspecified atom stereocenters. The minimum atomic E-state index is -1.79. The first kappa shape index (κ1) is 19.7. The summed E-state index contributed by atoms with van der Waals surface area (Å²) in [7, 11) is -1.79. The summed E-state index contributed by atoms with van der Waals surface area (Å²) in [4.78, 5) is 5.60. The Morgan fingerprint density at radius 3 is 1.93 bits per heavy atom. The van der Waals surface area contributed by atoms with Gasteiger partial charge in [0.25, 0.3) is 0 Å². The average Bonchev–Trinajstić information content (AvgIpc) is 2.57. The molecule has 0 spiro atoms. The third-order valence-corrected chi connectivity index (χ3v) is 9.13. The molecule has 0 aromatic heterocycles. The third-order valence-electron chi connectivity index (χ3n) is 7.14. The van der Waals surface area contributed by atoms with Crippen molar-refractivity contribution in [2.75, 3.05) is 0 Å². The van der Waals surface area contributed by atoms with E-state index in [0.29, 0.717) is 5.41 Å². The van der Waals surface area contributed by atoms with Crippen LogP contribution in [0, 0.1) is 17.8 Å². The van der Waals surface area contributed by atoms with Crippen LogP contribution >= 0.6 is 0 Å². The highest BCUT2D eigenvalue weighted by atomic mass is 28.4. The summed E-state index contributed by atoms with van der Waals surface area (Å²) in [6.45, 7) is 10.6. The first-order valence-corrected chi connectivity index (χ1v) is 14.2. The van der Waals surface area contributed by atoms with Crippen LogP contribution in [0.3, 0.4) is 0 Å². The molecule has 1 aromatic carbocycles. The van der Waals surface area contributed by atoms with Gasteiger partial charge in [0.05, 0.1) is 5.60 Å². The summed E-state index contributed by atoms with van der Waals surface area (Å²) < 4.78 is 5.84. The topological polar surface area (TPSA) is 18.5 Å². The van der Waals surface area contributed by atoms with Gasteiger partial charge in [0, 0.05) is 0 Å². The SMILES string of the molecule is CC(C)(C)OO[Si](C)(C)CCc1ccc(C23CC4CC(CC(C4)C2)C3)cc1. The Bertz CT molecular complexity index is 621. The smallest absolute Gasteiger partial charge is 0.233 e. The molecule has 4 bridgehead atoms. The second kappa shape index (κ2) is 7.00. The molecule has 0 N–H and O–H groups in total. The molecule has 5 rings (SSSR count). The Morgan fingerprint density at radius 1 is 0.926 bits per heavy atom. The fourth-order valence-corrected chi connectivity index (χ4v) is 7.66. The number of aryl methyl sites for hydroxylation is 1. The molecule has 0 heterocycles. The molecule has 27 heavy (non-hydrogen) atoms. The summed E-state index contributed by atoms with van der Waals surface area (Å²) in [5.41, 5.74) is 3.37. The van der Waals surface area contributed by atoms with E-state index in [1.54, 1.807) is 5.56 Å². The van der Waals surface area contributed by atoms with E-state index < -0.39 is 8.32 Å². The van der Waals surface area contributed by atoms with Gasteiger partial charge in [-0.05, 0) is 119 Å². The standard InChI is InChI=1S/C24H38O2Si/c1-23(2,3)25-26-27(4,5)11-10-18-6-8-22(9-7-18)24-15-19-12-20(16-24)14-21(13-19)17-24/h6-9,19-21H,10-17H2,1-5H3. The van der Waals surface area contributed by atoms with Crippen molar-refractivity contribution >= 4 is 8.32 Å². The van der Waals surface area contributed by atoms with Crippen LogP contribution in [0.5, 0.6) is 0 Å². The summed E-state index contributed by atoms with van der Waals surface area (Å²) in [6, 6.07) is 10.8. The summed E-state index contributed by atoms with van der Waals surface area (Å²) >= 11 is 0. The zero-order valence-corrected chi connectivity index (χ0v) is 19.0. The van der Waals surface area contributed by atoms with E-state index in [1.165, 1.54) is 44.1 Å². The van der Waals surface area contributed by atoms with Gasteiger partial charge in [0.15, 0.2) is 0 Å². The molecule has 4 aliphatic rings. The molecular weight excluding hydrogens is 348 g/mol. The van der Waals surface area contributed by atoms with E-state index in [9.17, 15) is 0 Å². The summed E-state index contributed by atoms with van der Waals surface area (Å²) in [5.74, 6) is 3.05. The summed E-state index contributed by atoms with van der Waals surface area (Å²) in [6.07, 6.45) is 10.0. The first-order chi connectivity index (χ1) is 12.6. The van der Waals surface area contributed by atoms with E-state index in [-0.39, 0.29) is 5.60 Å². The van der Waals surface area contributed by atoms with Crippen LogP contribution in [0.1, 0.15) is 70.4 Å². The quantitative estimate of drug-likeness (QED) is 0.309. The van der Waals surface area contributed by atoms with E-state index in [0.717, 1.165) is 30.2 Å². The Kier molecular flexibility index (Phi) is 5.10. The van der Waals surface area contributed by atoms with Crippen molar-refractivity contribution in [1.29, 1.82) is 0 Å². The highest BCUT2D eigenvalue weighted by Crippen LogP contribution is 2.60. The molecule has 0 radical (unpaired) electrons. The highest BCUT2D eigenvalue weighted by molar-refractivity contribution is 6.70. The van der Waals surface area contributed by atoms with Gasteiger partial charge in [-0.15, -0.1) is 0 Å². The Hall–Kier alpha value is -0.643. The molecule has 0 aliphatic heterocycles. The summed E-state index contributed by atoms with van der Waals surface area (Å²) in [5, 5.41) is 0. The van der Waals surface area contributed by atoms with E-state index in [4.69, 9.17) is 9.46 Å². The number of hydrogen-bond acceptors (Lipinski definition) is 2. The monoisotopic (exact) mass is 386 g/mol. The van der Waals surface area contributed by atoms with Crippen molar-refractivity contribution in [3.05, 3.63) is 35.4 Å². The normalized spacial score (nSPS) is 32.9. The van der Waals surface area contributed by atoms with Crippen molar-refractivity contribution in [3.8, 4) is 0 Å². The van der Waals surface area contributed by atoms with E-state index in [1.807, 2.05) is 20.8 Å². The van der Waals surface area contributed by atoms with Gasteiger partial charge < -0.3 is 0 Å². The first-order valence-electron chi connectivity index (χ1n) is 11.1. The molecule has 150 valence electrons. The van der Waals surface area contributed by atoms with E-state index in [2.05, 4.69) is 37.4 Å². The minimum absolute atomic E-state index is 0.232. The average molecular weight is 387 g/mol. The maximum Gasteiger partial charge on any atom is 0.233 e. The number of benzene rings is 1. The van der Waals surface area contributed by atoms with Crippen LogP contribution in [-0.2, 0) is 21.3 Å². The van der Waals surface area contributed by atoms with Crippen LogP contribution in [0.4, 0.5) is 0 Å². The molecule has 1 aromatic rings. The van der Waals surface area contributed by atoms with Crippen molar-refractivity contribution in [2.24, 2.45) is 17.8 Å². The molecule has 0 saturated heterocycles. The fourth-order valence-electron chi connectivity index (χ4n) is 6.21. The lowest BCUT2D eigenvalue weighted by molar-refractivity contribution is -0.285. The molecule has 0 atom stereocenters. The molecule has 4 saturated carbocycles. The highest BCUT2D eigenvalue weighted by Gasteiger charge is 2.51. The lowest BCUT2D eigenvalue weighted by Crippen LogP contribution is -2.48. The van der Waals surface area contributed by atoms with Crippen molar-refractivity contribution < 1.29 is 9.46 Å². The second-order valence-electron chi connectivity index (χ2n) is 11.4. The second-order valence-corrected chi connectivity index (χ2v) is 15.6. The lowest BCUT2D eigenvalue weighted by atomic mass is 9.48. The maximum atomic E-state index is 5.84. The van der Waals surface area contributed by atoms with Crippen molar-refractivity contribution in [3.63, 3.8) is 0 Å². The Morgan fingerprint density at radius 2 is 1.44 bits per heavy atom. The van der Waals surface area contributed by atoms with Gasteiger partial charge in [0.2, 0.25) is 8.32 Å². The fraction of sp³-hybridized carbons (Fsp3) is 0.750. The molecular formula is C24H38O2Si. The van der Waals surface area contributed by atoms with Crippen LogP contribution in [0.2, 0.25) is 19.1 Å². The lowest BCUT2D eigenvalue weighted by Gasteiger charge is -2.57. The van der Waals surface area contributed by atoms with Gasteiger partial charge in [-0.25, -0.2) is 4.89 Å². The predicted molar refractivity (Wildman–Crippen MR) is 114 cm³/mol. The Labute approximate surface area is 167 Å². The van der Waals surface area contributed by atoms with Crippen molar-refractivity contribution in [2.45, 2.75) is 95.9 Å². The zero-order chi connectivity index (χ0) is 19.3. The van der Waals surface area contributed by atoms with Crippen LogP contribution in [0.15, 0.2) is 24.3 Å². The maximum absolute atomic E-state index is 5.84. The van der Waals surface area contributed by atoms with Crippen molar-refractivity contribution in [1.82, 2.24) is 0 Å². The largest absolute Gasteiger partial charge is 0.286 e. The van der Waals surface area contributed by atoms with E-state index >= 15 is 0 Å². The van der Waals surface area contributed by atoms with Gasteiger partial charge in [-0.1, -0.05) is 24.3 Å². The van der Waals surface area contributed by atoms with Gasteiger partial charge in [-0.2, -0.15) is 0 Å².